The fraction of sp³-hybridized carbons (Fsp3) is 0.200. The number of nitrogens with one attached hydrogen (secondary N) is 2. The lowest BCUT2D eigenvalue weighted by molar-refractivity contribution is 0.174. The minimum absolute atomic E-state index is 0.259. The largest absolute Gasteiger partial charge is 0.454 e. The van der Waals surface area contributed by atoms with E-state index in [0.717, 1.165) is 47.2 Å². The molecular formula is C20H20N4O2. The SMILES string of the molecule is CCCNc1nc(Nc2ccc3c(c2)OCO3)cc(-c2ccccc2)n1. The first kappa shape index (κ1) is 16.2. The van der Waals surface area contributed by atoms with E-state index in [9.17, 15) is 0 Å². The number of benzene rings is 2. The van der Waals surface area contributed by atoms with E-state index in [0.29, 0.717) is 5.95 Å². The molecule has 3 aromatic rings. The fourth-order valence-corrected chi connectivity index (χ4v) is 2.71. The van der Waals surface area contributed by atoms with Gasteiger partial charge < -0.3 is 20.1 Å². The zero-order valence-corrected chi connectivity index (χ0v) is 14.5. The maximum Gasteiger partial charge on any atom is 0.231 e. The van der Waals surface area contributed by atoms with E-state index in [-0.39, 0.29) is 6.79 Å². The van der Waals surface area contributed by atoms with Crippen LogP contribution >= 0.6 is 0 Å². The monoisotopic (exact) mass is 348 g/mol. The first-order chi connectivity index (χ1) is 12.8. The number of rotatable bonds is 6. The summed E-state index contributed by atoms with van der Waals surface area (Å²) < 4.78 is 10.8. The minimum Gasteiger partial charge on any atom is -0.454 e. The molecule has 1 aliphatic rings. The van der Waals surface area contributed by atoms with Gasteiger partial charge in [0.2, 0.25) is 12.7 Å². The summed E-state index contributed by atoms with van der Waals surface area (Å²) in [5.41, 5.74) is 2.79. The predicted molar refractivity (Wildman–Crippen MR) is 102 cm³/mol. The van der Waals surface area contributed by atoms with Gasteiger partial charge in [0.1, 0.15) is 5.82 Å². The van der Waals surface area contributed by atoms with Crippen LogP contribution < -0.4 is 20.1 Å². The third kappa shape index (κ3) is 3.54. The summed E-state index contributed by atoms with van der Waals surface area (Å²) in [6.07, 6.45) is 1.00. The van der Waals surface area contributed by atoms with E-state index in [2.05, 4.69) is 27.5 Å². The Balaban J connectivity index is 1.65. The van der Waals surface area contributed by atoms with E-state index in [4.69, 9.17) is 9.47 Å². The molecule has 132 valence electrons. The first-order valence-electron chi connectivity index (χ1n) is 8.67. The summed E-state index contributed by atoms with van der Waals surface area (Å²) in [5, 5.41) is 6.60. The molecule has 0 spiro atoms. The Morgan fingerprint density at radius 2 is 1.81 bits per heavy atom. The Bertz CT molecular complexity index is 900. The van der Waals surface area contributed by atoms with Crippen molar-refractivity contribution < 1.29 is 9.47 Å². The quantitative estimate of drug-likeness (QED) is 0.686. The molecule has 0 aliphatic carbocycles. The van der Waals surface area contributed by atoms with Crippen molar-refractivity contribution in [3.05, 3.63) is 54.6 Å². The summed E-state index contributed by atoms with van der Waals surface area (Å²) in [6.45, 7) is 3.19. The molecule has 0 atom stereocenters. The highest BCUT2D eigenvalue weighted by molar-refractivity contribution is 5.68. The first-order valence-corrected chi connectivity index (χ1v) is 8.67. The van der Waals surface area contributed by atoms with Gasteiger partial charge in [-0.25, -0.2) is 4.98 Å². The van der Waals surface area contributed by atoms with Crippen molar-refractivity contribution in [2.45, 2.75) is 13.3 Å². The molecule has 2 N–H and O–H groups in total. The Morgan fingerprint density at radius 1 is 0.962 bits per heavy atom. The third-order valence-corrected chi connectivity index (χ3v) is 3.97. The lowest BCUT2D eigenvalue weighted by Gasteiger charge is -2.11. The van der Waals surface area contributed by atoms with E-state index in [1.165, 1.54) is 0 Å². The maximum absolute atomic E-state index is 5.44. The molecule has 0 saturated heterocycles. The van der Waals surface area contributed by atoms with Crippen LogP contribution in [-0.4, -0.2) is 23.3 Å². The third-order valence-electron chi connectivity index (χ3n) is 3.97. The van der Waals surface area contributed by atoms with Crippen LogP contribution in [0.15, 0.2) is 54.6 Å². The number of fused-ring (bicyclic) bond motifs is 1. The number of anilines is 3. The van der Waals surface area contributed by atoms with Crippen LogP contribution in [-0.2, 0) is 0 Å². The van der Waals surface area contributed by atoms with Gasteiger partial charge in [0.25, 0.3) is 0 Å². The second-order valence-electron chi connectivity index (χ2n) is 5.95. The number of hydrogen-bond acceptors (Lipinski definition) is 6. The Morgan fingerprint density at radius 3 is 2.65 bits per heavy atom. The number of hydrogen-bond donors (Lipinski definition) is 2. The molecule has 0 unspecified atom stereocenters. The van der Waals surface area contributed by atoms with Crippen LogP contribution in [0.25, 0.3) is 11.3 Å². The molecule has 0 bridgehead atoms. The van der Waals surface area contributed by atoms with Gasteiger partial charge >= 0.3 is 0 Å². The van der Waals surface area contributed by atoms with Crippen molar-refractivity contribution in [2.75, 3.05) is 24.0 Å². The lowest BCUT2D eigenvalue weighted by Crippen LogP contribution is -2.06. The van der Waals surface area contributed by atoms with Crippen LogP contribution in [0.2, 0.25) is 0 Å². The molecule has 26 heavy (non-hydrogen) atoms. The summed E-state index contributed by atoms with van der Waals surface area (Å²) in [6, 6.07) is 17.8. The smallest absolute Gasteiger partial charge is 0.231 e. The molecule has 6 heteroatoms. The highest BCUT2D eigenvalue weighted by atomic mass is 16.7. The Hall–Kier alpha value is -3.28. The van der Waals surface area contributed by atoms with E-state index < -0.39 is 0 Å². The molecule has 2 aromatic carbocycles. The summed E-state index contributed by atoms with van der Waals surface area (Å²) >= 11 is 0. The van der Waals surface area contributed by atoms with Crippen molar-refractivity contribution in [3.63, 3.8) is 0 Å². The molecule has 6 nitrogen and oxygen atoms in total. The van der Waals surface area contributed by atoms with E-state index in [1.54, 1.807) is 0 Å². The Kier molecular flexibility index (Phi) is 4.55. The van der Waals surface area contributed by atoms with Crippen molar-refractivity contribution in [3.8, 4) is 22.8 Å². The molecule has 0 saturated carbocycles. The Labute approximate surface area is 152 Å². The molecule has 0 amide bonds. The van der Waals surface area contributed by atoms with Crippen molar-refractivity contribution in [1.29, 1.82) is 0 Å². The van der Waals surface area contributed by atoms with E-state index >= 15 is 0 Å². The normalized spacial score (nSPS) is 12.0. The number of aromatic nitrogens is 2. The van der Waals surface area contributed by atoms with Gasteiger partial charge in [0.05, 0.1) is 5.69 Å². The molecular weight excluding hydrogens is 328 g/mol. The topological polar surface area (TPSA) is 68.3 Å². The lowest BCUT2D eigenvalue weighted by atomic mass is 10.1. The van der Waals surface area contributed by atoms with Gasteiger partial charge in [-0.05, 0) is 18.6 Å². The van der Waals surface area contributed by atoms with Crippen LogP contribution in [0.4, 0.5) is 17.5 Å². The van der Waals surface area contributed by atoms with E-state index in [1.807, 2.05) is 54.6 Å². The van der Waals surface area contributed by atoms with Crippen LogP contribution in [0.3, 0.4) is 0 Å². The average Bonchev–Trinajstić information content (AvgIpc) is 3.15. The molecule has 4 rings (SSSR count). The van der Waals surface area contributed by atoms with Gasteiger partial charge in [0, 0.05) is 29.9 Å². The fourth-order valence-electron chi connectivity index (χ4n) is 2.71. The zero-order chi connectivity index (χ0) is 17.8. The van der Waals surface area contributed by atoms with Crippen molar-refractivity contribution >= 4 is 17.5 Å². The predicted octanol–water partition coefficient (Wildman–Crippen LogP) is 4.44. The average molecular weight is 348 g/mol. The minimum atomic E-state index is 0.259. The zero-order valence-electron chi connectivity index (χ0n) is 14.5. The van der Waals surface area contributed by atoms with Gasteiger partial charge in [-0.2, -0.15) is 4.98 Å². The summed E-state index contributed by atoms with van der Waals surface area (Å²) in [4.78, 5) is 9.21. The number of nitrogens with zero attached hydrogens (tertiary/aromatic N) is 2. The maximum atomic E-state index is 5.44. The van der Waals surface area contributed by atoms with Crippen molar-refractivity contribution in [1.82, 2.24) is 9.97 Å². The second kappa shape index (κ2) is 7.31. The highest BCUT2D eigenvalue weighted by Crippen LogP contribution is 2.35. The van der Waals surface area contributed by atoms with Gasteiger partial charge in [-0.1, -0.05) is 37.3 Å². The van der Waals surface area contributed by atoms with Gasteiger partial charge in [-0.15, -0.1) is 0 Å². The van der Waals surface area contributed by atoms with Crippen LogP contribution in [0, 0.1) is 0 Å². The molecule has 1 aliphatic heterocycles. The summed E-state index contributed by atoms with van der Waals surface area (Å²) in [5.74, 6) is 2.82. The molecule has 0 radical (unpaired) electrons. The van der Waals surface area contributed by atoms with Crippen LogP contribution in [0.5, 0.6) is 11.5 Å². The standard InChI is InChI=1S/C20H20N4O2/c1-2-10-21-20-23-16(14-6-4-3-5-7-14)12-19(24-20)22-15-8-9-17-18(11-15)26-13-25-17/h3-9,11-12H,2,10,13H2,1H3,(H2,21,22,23,24). The second-order valence-corrected chi connectivity index (χ2v) is 5.95. The highest BCUT2D eigenvalue weighted by Gasteiger charge is 2.14. The number of ether oxygens (including phenoxy) is 2. The molecule has 0 fully saturated rings. The van der Waals surface area contributed by atoms with Gasteiger partial charge in [0.15, 0.2) is 11.5 Å². The molecule has 1 aromatic heterocycles. The molecule has 2 heterocycles. The van der Waals surface area contributed by atoms with Crippen molar-refractivity contribution in [2.24, 2.45) is 0 Å². The summed E-state index contributed by atoms with van der Waals surface area (Å²) in [7, 11) is 0. The van der Waals surface area contributed by atoms with Gasteiger partial charge in [-0.3, -0.25) is 0 Å². The van der Waals surface area contributed by atoms with Crippen LogP contribution in [0.1, 0.15) is 13.3 Å².